The van der Waals surface area contributed by atoms with Crippen LogP contribution in [-0.4, -0.2) is 42.0 Å². The average molecular weight is 473 g/mol. The largest absolute Gasteiger partial charge is 0.416 e. The van der Waals surface area contributed by atoms with E-state index in [4.69, 9.17) is 5.73 Å². The lowest BCUT2D eigenvalue weighted by Gasteiger charge is -2.27. The third kappa shape index (κ3) is 6.34. The van der Waals surface area contributed by atoms with Crippen molar-refractivity contribution in [3.8, 4) is 0 Å². The molecular weight excluding hydrogens is 450 g/mol. The SMILES string of the molecule is CC(CCN=C(N)N1CCSCC1)c1cccc(C(F)(F)F)c1.I. The van der Waals surface area contributed by atoms with Crippen molar-refractivity contribution in [2.75, 3.05) is 31.1 Å². The van der Waals surface area contributed by atoms with Gasteiger partial charge in [-0.15, -0.1) is 24.0 Å². The van der Waals surface area contributed by atoms with E-state index in [2.05, 4.69) is 9.89 Å². The molecule has 2 rings (SSSR count). The Bertz CT molecular complexity index is 546. The summed E-state index contributed by atoms with van der Waals surface area (Å²) in [6.07, 6.45) is -3.63. The number of benzene rings is 1. The molecule has 1 aliphatic rings. The molecule has 1 aromatic rings. The highest BCUT2D eigenvalue weighted by Crippen LogP contribution is 2.31. The zero-order chi connectivity index (χ0) is 16.9. The molecule has 0 radical (unpaired) electrons. The quantitative estimate of drug-likeness (QED) is 0.406. The maximum Gasteiger partial charge on any atom is 0.416 e. The van der Waals surface area contributed by atoms with Crippen molar-refractivity contribution in [2.45, 2.75) is 25.4 Å². The summed E-state index contributed by atoms with van der Waals surface area (Å²) in [5.74, 6) is 2.65. The maximum atomic E-state index is 12.7. The molecule has 1 aromatic carbocycles. The first-order valence-corrected chi connectivity index (χ1v) is 8.83. The fourth-order valence-electron chi connectivity index (χ4n) is 2.45. The van der Waals surface area contributed by atoms with Gasteiger partial charge in [0.15, 0.2) is 5.96 Å². The number of halogens is 4. The Morgan fingerprint density at radius 1 is 1.33 bits per heavy atom. The number of hydrogen-bond donors (Lipinski definition) is 1. The average Bonchev–Trinajstić information content (AvgIpc) is 2.54. The summed E-state index contributed by atoms with van der Waals surface area (Å²) >= 11 is 1.90. The van der Waals surface area contributed by atoms with Gasteiger partial charge in [0, 0.05) is 31.1 Å². The molecule has 0 bridgehead atoms. The Morgan fingerprint density at radius 2 is 2.00 bits per heavy atom. The Labute approximate surface area is 162 Å². The van der Waals surface area contributed by atoms with Crippen molar-refractivity contribution >= 4 is 41.7 Å². The first kappa shape index (κ1) is 21.4. The molecule has 1 atom stereocenters. The van der Waals surface area contributed by atoms with Gasteiger partial charge in [-0.2, -0.15) is 24.9 Å². The molecule has 2 N–H and O–H groups in total. The molecule has 1 heterocycles. The summed E-state index contributed by atoms with van der Waals surface area (Å²) < 4.78 is 38.2. The van der Waals surface area contributed by atoms with Crippen molar-refractivity contribution in [1.29, 1.82) is 0 Å². The Morgan fingerprint density at radius 3 is 2.62 bits per heavy atom. The fourth-order valence-corrected chi connectivity index (χ4v) is 3.36. The van der Waals surface area contributed by atoms with Crippen molar-refractivity contribution in [1.82, 2.24) is 4.90 Å². The number of nitrogens with two attached hydrogens (primary N) is 1. The van der Waals surface area contributed by atoms with E-state index in [0.717, 1.165) is 30.7 Å². The molecule has 1 saturated heterocycles. The zero-order valence-electron chi connectivity index (χ0n) is 13.6. The Balaban J connectivity index is 0.00000288. The fraction of sp³-hybridized carbons (Fsp3) is 0.562. The second-order valence-corrected chi connectivity index (χ2v) is 6.88. The monoisotopic (exact) mass is 473 g/mol. The van der Waals surface area contributed by atoms with Gasteiger partial charge in [-0.3, -0.25) is 4.99 Å². The molecule has 1 unspecified atom stereocenters. The second kappa shape index (κ2) is 9.74. The lowest BCUT2D eigenvalue weighted by Crippen LogP contribution is -2.42. The van der Waals surface area contributed by atoms with Crippen LogP contribution in [0.5, 0.6) is 0 Å². The minimum atomic E-state index is -4.30. The molecule has 24 heavy (non-hydrogen) atoms. The summed E-state index contributed by atoms with van der Waals surface area (Å²) in [6.45, 7) is 4.25. The van der Waals surface area contributed by atoms with Crippen molar-refractivity contribution in [2.24, 2.45) is 10.7 Å². The van der Waals surface area contributed by atoms with Crippen LogP contribution in [0.2, 0.25) is 0 Å². The van der Waals surface area contributed by atoms with Crippen LogP contribution < -0.4 is 5.73 Å². The third-order valence-electron chi connectivity index (χ3n) is 3.95. The number of aliphatic imine (C=N–C) groups is 1. The van der Waals surface area contributed by atoms with Crippen LogP contribution in [0.15, 0.2) is 29.3 Å². The molecule has 0 saturated carbocycles. The van der Waals surface area contributed by atoms with E-state index in [1.165, 1.54) is 12.1 Å². The van der Waals surface area contributed by atoms with Crippen LogP contribution in [-0.2, 0) is 6.18 Å². The number of rotatable bonds is 4. The van der Waals surface area contributed by atoms with E-state index in [1.807, 2.05) is 18.7 Å². The topological polar surface area (TPSA) is 41.6 Å². The van der Waals surface area contributed by atoms with Gasteiger partial charge in [-0.25, -0.2) is 0 Å². The first-order valence-electron chi connectivity index (χ1n) is 7.67. The van der Waals surface area contributed by atoms with Crippen LogP contribution in [0, 0.1) is 0 Å². The van der Waals surface area contributed by atoms with Gasteiger partial charge in [-0.05, 0) is 24.0 Å². The molecular formula is C16H23F3IN3S. The Kier molecular flexibility index (Phi) is 8.69. The highest BCUT2D eigenvalue weighted by Gasteiger charge is 2.30. The number of guanidine groups is 1. The van der Waals surface area contributed by atoms with Gasteiger partial charge >= 0.3 is 6.18 Å². The number of hydrogen-bond acceptors (Lipinski definition) is 2. The van der Waals surface area contributed by atoms with Crippen LogP contribution in [0.25, 0.3) is 0 Å². The summed E-state index contributed by atoms with van der Waals surface area (Å²) in [5.41, 5.74) is 6.05. The van der Waals surface area contributed by atoms with Gasteiger partial charge in [-0.1, -0.05) is 25.1 Å². The lowest BCUT2D eigenvalue weighted by molar-refractivity contribution is -0.137. The van der Waals surface area contributed by atoms with E-state index in [-0.39, 0.29) is 29.9 Å². The van der Waals surface area contributed by atoms with E-state index < -0.39 is 11.7 Å². The molecule has 0 aromatic heterocycles. The smallest absolute Gasteiger partial charge is 0.370 e. The zero-order valence-corrected chi connectivity index (χ0v) is 16.7. The Hall–Kier alpha value is -0.640. The summed E-state index contributed by atoms with van der Waals surface area (Å²) in [4.78, 5) is 6.43. The molecule has 8 heteroatoms. The highest BCUT2D eigenvalue weighted by atomic mass is 127. The van der Waals surface area contributed by atoms with E-state index >= 15 is 0 Å². The van der Waals surface area contributed by atoms with Crippen molar-refractivity contribution in [3.05, 3.63) is 35.4 Å². The van der Waals surface area contributed by atoms with Crippen LogP contribution in [0.1, 0.15) is 30.4 Å². The van der Waals surface area contributed by atoms with Gasteiger partial charge in [0.2, 0.25) is 0 Å². The second-order valence-electron chi connectivity index (χ2n) is 5.65. The van der Waals surface area contributed by atoms with Crippen LogP contribution in [0.4, 0.5) is 13.2 Å². The van der Waals surface area contributed by atoms with E-state index in [1.54, 1.807) is 6.07 Å². The summed E-state index contributed by atoms with van der Waals surface area (Å²) in [7, 11) is 0. The highest BCUT2D eigenvalue weighted by molar-refractivity contribution is 14.0. The van der Waals surface area contributed by atoms with E-state index in [0.29, 0.717) is 24.5 Å². The minimum absolute atomic E-state index is 0. The number of alkyl halides is 3. The summed E-state index contributed by atoms with van der Waals surface area (Å²) in [6, 6.07) is 5.51. The molecule has 1 fully saturated rings. The predicted molar refractivity (Wildman–Crippen MR) is 105 cm³/mol. The van der Waals surface area contributed by atoms with Gasteiger partial charge in [0.1, 0.15) is 0 Å². The standard InChI is InChI=1S/C16H22F3N3S.HI/c1-12(13-3-2-4-14(11-13)16(17,18)19)5-6-21-15(20)22-7-9-23-10-8-22;/h2-4,11-12H,5-10H2,1H3,(H2,20,21);1H. The van der Waals surface area contributed by atoms with Gasteiger partial charge in [0.25, 0.3) is 0 Å². The van der Waals surface area contributed by atoms with Crippen molar-refractivity contribution in [3.63, 3.8) is 0 Å². The normalized spacial score (nSPS) is 17.3. The lowest BCUT2D eigenvalue weighted by atomic mass is 9.96. The number of thioether (sulfide) groups is 1. The first-order chi connectivity index (χ1) is 10.9. The molecule has 0 spiro atoms. The molecule has 1 aliphatic heterocycles. The minimum Gasteiger partial charge on any atom is -0.370 e. The molecule has 0 aliphatic carbocycles. The molecule has 136 valence electrons. The number of nitrogens with zero attached hydrogens (tertiary/aromatic N) is 2. The van der Waals surface area contributed by atoms with Gasteiger partial charge in [0.05, 0.1) is 5.56 Å². The predicted octanol–water partition coefficient (Wildman–Crippen LogP) is 4.18. The van der Waals surface area contributed by atoms with Crippen LogP contribution >= 0.6 is 35.7 Å². The van der Waals surface area contributed by atoms with Crippen molar-refractivity contribution < 1.29 is 13.2 Å². The summed E-state index contributed by atoms with van der Waals surface area (Å²) in [5, 5.41) is 0. The van der Waals surface area contributed by atoms with Gasteiger partial charge < -0.3 is 10.6 Å². The molecule has 3 nitrogen and oxygen atoms in total. The third-order valence-corrected chi connectivity index (χ3v) is 4.90. The molecule has 0 amide bonds. The maximum absolute atomic E-state index is 12.7. The van der Waals surface area contributed by atoms with Crippen LogP contribution in [0.3, 0.4) is 0 Å². The van der Waals surface area contributed by atoms with E-state index in [9.17, 15) is 13.2 Å².